The molecule has 0 atom stereocenters. The van der Waals surface area contributed by atoms with E-state index in [1.165, 1.54) is 30.6 Å². The first kappa shape index (κ1) is 14.8. The highest BCUT2D eigenvalue weighted by atomic mass is 19.1. The highest BCUT2D eigenvalue weighted by molar-refractivity contribution is 5.88. The number of rotatable bonds is 5. The predicted octanol–water partition coefficient (Wildman–Crippen LogP) is 3.33. The van der Waals surface area contributed by atoms with Gasteiger partial charge in [-0.1, -0.05) is 12.1 Å². The molecule has 1 N–H and O–H groups in total. The Morgan fingerprint density at radius 1 is 1.13 bits per heavy atom. The minimum absolute atomic E-state index is 0.0685. The van der Waals surface area contributed by atoms with Gasteiger partial charge >= 0.3 is 0 Å². The number of hydrogen-bond acceptors (Lipinski definition) is 5. The number of halogens is 1. The number of fused-ring (bicyclic) bond motifs is 1. The van der Waals surface area contributed by atoms with E-state index in [9.17, 15) is 14.5 Å². The second-order valence-electron chi connectivity index (χ2n) is 4.98. The first-order chi connectivity index (χ1) is 11.1. The van der Waals surface area contributed by atoms with Crippen LogP contribution in [-0.2, 0) is 6.42 Å². The fourth-order valence-electron chi connectivity index (χ4n) is 2.28. The van der Waals surface area contributed by atoms with Crippen molar-refractivity contribution in [2.75, 3.05) is 11.9 Å². The highest BCUT2D eigenvalue weighted by Crippen LogP contribution is 2.20. The summed E-state index contributed by atoms with van der Waals surface area (Å²) in [5.41, 5.74) is 1.70. The molecule has 116 valence electrons. The Bertz CT molecular complexity index is 852. The van der Waals surface area contributed by atoms with Crippen LogP contribution in [0, 0.1) is 15.9 Å². The molecule has 0 spiro atoms. The molecule has 3 rings (SSSR count). The van der Waals surface area contributed by atoms with Crippen LogP contribution in [0.5, 0.6) is 0 Å². The van der Waals surface area contributed by atoms with E-state index in [0.717, 1.165) is 5.56 Å². The summed E-state index contributed by atoms with van der Waals surface area (Å²) in [7, 11) is 0. The van der Waals surface area contributed by atoms with Crippen LogP contribution < -0.4 is 5.32 Å². The maximum atomic E-state index is 13.4. The van der Waals surface area contributed by atoms with Gasteiger partial charge in [-0.3, -0.25) is 10.1 Å². The fraction of sp³-hybridized carbons (Fsp3) is 0.125. The summed E-state index contributed by atoms with van der Waals surface area (Å²) in [5.74, 6) is 0.224. The topological polar surface area (TPSA) is 81.0 Å². The molecule has 3 aromatic rings. The Kier molecular flexibility index (Phi) is 4.09. The molecule has 2 aromatic carbocycles. The molecule has 0 bridgehead atoms. The van der Waals surface area contributed by atoms with Gasteiger partial charge in [0.15, 0.2) is 0 Å². The molecule has 7 heteroatoms. The Hall–Kier alpha value is -3.09. The van der Waals surface area contributed by atoms with Gasteiger partial charge in [-0.05, 0) is 30.2 Å². The van der Waals surface area contributed by atoms with Crippen molar-refractivity contribution in [2.24, 2.45) is 0 Å². The third-order valence-corrected chi connectivity index (χ3v) is 3.45. The zero-order chi connectivity index (χ0) is 16.2. The van der Waals surface area contributed by atoms with Gasteiger partial charge < -0.3 is 5.32 Å². The standard InChI is InChI=1S/C16H13FN4O2/c17-12-3-6-15-14(9-12)16(20-10-19-15)18-8-7-11-1-4-13(5-2-11)21(22)23/h1-6,9-10H,7-8H2,(H,18,19,20). The van der Waals surface area contributed by atoms with Gasteiger partial charge in [0.2, 0.25) is 0 Å². The minimum Gasteiger partial charge on any atom is -0.369 e. The number of hydrogen-bond donors (Lipinski definition) is 1. The molecule has 6 nitrogen and oxygen atoms in total. The van der Waals surface area contributed by atoms with Crippen molar-refractivity contribution in [3.63, 3.8) is 0 Å². The number of non-ortho nitro benzene ring substituents is 1. The summed E-state index contributed by atoms with van der Waals surface area (Å²) in [6.07, 6.45) is 2.09. The van der Waals surface area contributed by atoms with Crippen LogP contribution in [0.1, 0.15) is 5.56 Å². The molecule has 0 aliphatic rings. The van der Waals surface area contributed by atoms with Gasteiger partial charge in [-0.25, -0.2) is 14.4 Å². The molecule has 0 fully saturated rings. The number of nitro groups is 1. The zero-order valence-electron chi connectivity index (χ0n) is 12.1. The zero-order valence-corrected chi connectivity index (χ0v) is 12.1. The fourth-order valence-corrected chi connectivity index (χ4v) is 2.28. The number of nitro benzene ring substituents is 1. The van der Waals surface area contributed by atoms with Crippen molar-refractivity contribution in [1.29, 1.82) is 0 Å². The molecule has 0 saturated heterocycles. The Morgan fingerprint density at radius 2 is 1.91 bits per heavy atom. The molecule has 0 amide bonds. The van der Waals surface area contributed by atoms with Gasteiger partial charge in [-0.2, -0.15) is 0 Å². The van der Waals surface area contributed by atoms with Crippen LogP contribution in [-0.4, -0.2) is 21.4 Å². The number of nitrogens with one attached hydrogen (secondary N) is 1. The maximum absolute atomic E-state index is 13.4. The lowest BCUT2D eigenvalue weighted by molar-refractivity contribution is -0.384. The van der Waals surface area contributed by atoms with Gasteiger partial charge in [0.1, 0.15) is 18.0 Å². The quantitative estimate of drug-likeness (QED) is 0.577. The summed E-state index contributed by atoms with van der Waals surface area (Å²) >= 11 is 0. The minimum atomic E-state index is -0.427. The van der Waals surface area contributed by atoms with Crippen molar-refractivity contribution < 1.29 is 9.31 Å². The largest absolute Gasteiger partial charge is 0.369 e. The Morgan fingerprint density at radius 3 is 2.65 bits per heavy atom. The van der Waals surface area contributed by atoms with Crippen LogP contribution >= 0.6 is 0 Å². The monoisotopic (exact) mass is 312 g/mol. The highest BCUT2D eigenvalue weighted by Gasteiger charge is 2.06. The third-order valence-electron chi connectivity index (χ3n) is 3.45. The van der Waals surface area contributed by atoms with Crippen molar-refractivity contribution in [3.05, 3.63) is 70.3 Å². The first-order valence-corrected chi connectivity index (χ1v) is 7.01. The van der Waals surface area contributed by atoms with E-state index in [-0.39, 0.29) is 11.5 Å². The first-order valence-electron chi connectivity index (χ1n) is 7.01. The molecular formula is C16H13FN4O2. The molecule has 0 aliphatic carbocycles. The van der Waals surface area contributed by atoms with Gasteiger partial charge in [0, 0.05) is 24.1 Å². The lowest BCUT2D eigenvalue weighted by Crippen LogP contribution is -2.07. The van der Waals surface area contributed by atoms with Crippen LogP contribution in [0.2, 0.25) is 0 Å². The average Bonchev–Trinajstić information content (AvgIpc) is 2.55. The smallest absolute Gasteiger partial charge is 0.269 e. The van der Waals surface area contributed by atoms with Crippen LogP contribution in [0.15, 0.2) is 48.8 Å². The number of benzene rings is 2. The molecule has 23 heavy (non-hydrogen) atoms. The van der Waals surface area contributed by atoms with E-state index < -0.39 is 4.92 Å². The molecule has 1 aromatic heterocycles. The van der Waals surface area contributed by atoms with Crippen molar-refractivity contribution >= 4 is 22.4 Å². The van der Waals surface area contributed by atoms with E-state index in [1.807, 2.05) is 0 Å². The SMILES string of the molecule is O=[N+]([O-])c1ccc(CCNc2ncnc3ccc(F)cc23)cc1. The number of aromatic nitrogens is 2. The molecule has 1 heterocycles. The normalized spacial score (nSPS) is 10.7. The second kappa shape index (κ2) is 6.35. The Balaban J connectivity index is 1.69. The summed E-state index contributed by atoms with van der Waals surface area (Å²) in [4.78, 5) is 18.4. The van der Waals surface area contributed by atoms with E-state index in [2.05, 4.69) is 15.3 Å². The lowest BCUT2D eigenvalue weighted by Gasteiger charge is -2.08. The lowest BCUT2D eigenvalue weighted by atomic mass is 10.1. The van der Waals surface area contributed by atoms with Crippen LogP contribution in [0.25, 0.3) is 10.9 Å². The van der Waals surface area contributed by atoms with Crippen LogP contribution in [0.4, 0.5) is 15.9 Å². The molecular weight excluding hydrogens is 299 g/mol. The van der Waals surface area contributed by atoms with E-state index in [1.54, 1.807) is 18.2 Å². The molecule has 0 aliphatic heterocycles. The van der Waals surface area contributed by atoms with Crippen LogP contribution in [0.3, 0.4) is 0 Å². The predicted molar refractivity (Wildman–Crippen MR) is 84.8 cm³/mol. The summed E-state index contributed by atoms with van der Waals surface area (Å²) in [6.45, 7) is 0.570. The van der Waals surface area contributed by atoms with Gasteiger partial charge in [0.05, 0.1) is 10.4 Å². The number of nitrogens with zero attached hydrogens (tertiary/aromatic N) is 3. The summed E-state index contributed by atoms with van der Waals surface area (Å²) in [5, 5.41) is 14.4. The van der Waals surface area contributed by atoms with E-state index in [4.69, 9.17) is 0 Å². The maximum Gasteiger partial charge on any atom is 0.269 e. The van der Waals surface area contributed by atoms with Crippen molar-refractivity contribution in [3.8, 4) is 0 Å². The summed E-state index contributed by atoms with van der Waals surface area (Å²) < 4.78 is 13.4. The second-order valence-corrected chi connectivity index (χ2v) is 4.98. The summed E-state index contributed by atoms with van der Waals surface area (Å²) in [6, 6.07) is 10.7. The molecule has 0 radical (unpaired) electrons. The average molecular weight is 312 g/mol. The number of anilines is 1. The third kappa shape index (κ3) is 3.39. The van der Waals surface area contributed by atoms with E-state index in [0.29, 0.717) is 29.7 Å². The van der Waals surface area contributed by atoms with Gasteiger partial charge in [0.25, 0.3) is 5.69 Å². The van der Waals surface area contributed by atoms with Crippen molar-refractivity contribution in [2.45, 2.75) is 6.42 Å². The van der Waals surface area contributed by atoms with Crippen molar-refractivity contribution in [1.82, 2.24) is 9.97 Å². The molecule has 0 saturated carbocycles. The van der Waals surface area contributed by atoms with Gasteiger partial charge in [-0.15, -0.1) is 0 Å². The van der Waals surface area contributed by atoms with E-state index >= 15 is 0 Å². The Labute approximate surface area is 131 Å². The molecule has 0 unspecified atom stereocenters.